The highest BCUT2D eigenvalue weighted by Crippen LogP contribution is 2.13. The van der Waals surface area contributed by atoms with Crippen molar-refractivity contribution in [1.29, 1.82) is 0 Å². The second-order valence-corrected chi connectivity index (χ2v) is 4.85. The minimum absolute atomic E-state index is 0.701. The lowest BCUT2D eigenvalue weighted by atomic mass is 10.1. The summed E-state index contributed by atoms with van der Waals surface area (Å²) in [6.45, 7) is 9.44. The fourth-order valence-corrected chi connectivity index (χ4v) is 1.53. The summed E-state index contributed by atoms with van der Waals surface area (Å²) in [6, 6.07) is 8.38. The van der Waals surface area contributed by atoms with Crippen molar-refractivity contribution in [1.82, 2.24) is 5.32 Å². The number of benzene rings is 1. The molecule has 0 aliphatic carbocycles. The standard InChI is InChI=1S/C15H25NO/c1-4-10-16-12-14-5-7-15(8-6-14)17-11-9-13(2)3/h5-8,13,16H,4,9-12H2,1-3H3. The molecule has 0 bridgehead atoms. The van der Waals surface area contributed by atoms with Gasteiger partial charge in [0.15, 0.2) is 0 Å². The van der Waals surface area contributed by atoms with E-state index in [0.29, 0.717) is 5.92 Å². The Bertz CT molecular complexity index is 292. The van der Waals surface area contributed by atoms with Crippen molar-refractivity contribution >= 4 is 0 Å². The summed E-state index contributed by atoms with van der Waals surface area (Å²) in [5, 5.41) is 3.39. The molecule has 0 heterocycles. The molecule has 0 aromatic heterocycles. The molecule has 0 aliphatic rings. The molecule has 1 rings (SSSR count). The van der Waals surface area contributed by atoms with Gasteiger partial charge in [-0.1, -0.05) is 32.9 Å². The van der Waals surface area contributed by atoms with Crippen LogP contribution in [-0.2, 0) is 6.54 Å². The molecule has 0 atom stereocenters. The highest BCUT2D eigenvalue weighted by Gasteiger charge is 1.97. The maximum Gasteiger partial charge on any atom is 0.119 e. The van der Waals surface area contributed by atoms with Crippen LogP contribution in [0.1, 0.15) is 39.2 Å². The topological polar surface area (TPSA) is 21.3 Å². The van der Waals surface area contributed by atoms with Crippen LogP contribution < -0.4 is 10.1 Å². The number of ether oxygens (including phenoxy) is 1. The summed E-state index contributed by atoms with van der Waals surface area (Å²) in [7, 11) is 0. The van der Waals surface area contributed by atoms with Crippen LogP contribution in [0, 0.1) is 5.92 Å². The molecule has 1 N–H and O–H groups in total. The van der Waals surface area contributed by atoms with Gasteiger partial charge in [-0.05, 0) is 43.0 Å². The maximum atomic E-state index is 5.68. The Kier molecular flexibility index (Phi) is 6.71. The van der Waals surface area contributed by atoms with Crippen LogP contribution in [0.3, 0.4) is 0 Å². The second kappa shape index (κ2) is 8.13. The van der Waals surface area contributed by atoms with Gasteiger partial charge in [-0.2, -0.15) is 0 Å². The summed E-state index contributed by atoms with van der Waals surface area (Å²) < 4.78 is 5.68. The summed E-state index contributed by atoms with van der Waals surface area (Å²) in [5.74, 6) is 1.68. The van der Waals surface area contributed by atoms with E-state index in [1.165, 1.54) is 12.0 Å². The van der Waals surface area contributed by atoms with Crippen molar-refractivity contribution in [2.45, 2.75) is 40.2 Å². The zero-order chi connectivity index (χ0) is 12.5. The highest BCUT2D eigenvalue weighted by molar-refractivity contribution is 5.27. The molecule has 0 spiro atoms. The Morgan fingerprint density at radius 3 is 2.47 bits per heavy atom. The number of rotatable bonds is 8. The molecule has 0 fully saturated rings. The molecule has 0 radical (unpaired) electrons. The van der Waals surface area contributed by atoms with Crippen LogP contribution in [0.25, 0.3) is 0 Å². The van der Waals surface area contributed by atoms with Crippen LogP contribution in [0.15, 0.2) is 24.3 Å². The largest absolute Gasteiger partial charge is 0.494 e. The molecule has 17 heavy (non-hydrogen) atoms. The highest BCUT2D eigenvalue weighted by atomic mass is 16.5. The van der Waals surface area contributed by atoms with Crippen molar-refractivity contribution in [2.24, 2.45) is 5.92 Å². The summed E-state index contributed by atoms with van der Waals surface area (Å²) in [4.78, 5) is 0. The van der Waals surface area contributed by atoms with E-state index in [0.717, 1.165) is 31.9 Å². The van der Waals surface area contributed by atoms with Crippen LogP contribution in [0.5, 0.6) is 5.75 Å². The van der Waals surface area contributed by atoms with E-state index < -0.39 is 0 Å². The number of hydrogen-bond donors (Lipinski definition) is 1. The Morgan fingerprint density at radius 1 is 1.18 bits per heavy atom. The quantitative estimate of drug-likeness (QED) is 0.695. The van der Waals surface area contributed by atoms with E-state index in [-0.39, 0.29) is 0 Å². The van der Waals surface area contributed by atoms with Crippen LogP contribution in [-0.4, -0.2) is 13.2 Å². The Morgan fingerprint density at radius 2 is 1.88 bits per heavy atom. The second-order valence-electron chi connectivity index (χ2n) is 4.85. The molecule has 0 aliphatic heterocycles. The average Bonchev–Trinajstić information content (AvgIpc) is 2.31. The van der Waals surface area contributed by atoms with Gasteiger partial charge >= 0.3 is 0 Å². The van der Waals surface area contributed by atoms with E-state index in [1.54, 1.807) is 0 Å². The minimum atomic E-state index is 0.701. The smallest absolute Gasteiger partial charge is 0.119 e. The molecular weight excluding hydrogens is 210 g/mol. The lowest BCUT2D eigenvalue weighted by Crippen LogP contribution is -2.13. The first-order chi connectivity index (χ1) is 8.22. The van der Waals surface area contributed by atoms with Gasteiger partial charge in [0.25, 0.3) is 0 Å². The van der Waals surface area contributed by atoms with Gasteiger partial charge in [0, 0.05) is 6.54 Å². The molecule has 2 nitrogen and oxygen atoms in total. The van der Waals surface area contributed by atoms with Crippen LogP contribution in [0.2, 0.25) is 0 Å². The van der Waals surface area contributed by atoms with Crippen LogP contribution >= 0.6 is 0 Å². The van der Waals surface area contributed by atoms with E-state index in [1.807, 2.05) is 0 Å². The van der Waals surface area contributed by atoms with Gasteiger partial charge in [-0.3, -0.25) is 0 Å². The van der Waals surface area contributed by atoms with Crippen molar-refractivity contribution in [3.05, 3.63) is 29.8 Å². The summed E-state index contributed by atoms with van der Waals surface area (Å²) in [6.07, 6.45) is 2.29. The predicted molar refractivity (Wildman–Crippen MR) is 73.4 cm³/mol. The Hall–Kier alpha value is -1.02. The lowest BCUT2D eigenvalue weighted by molar-refractivity contribution is 0.289. The zero-order valence-corrected chi connectivity index (χ0v) is 11.3. The predicted octanol–water partition coefficient (Wildman–Crippen LogP) is 3.61. The molecule has 1 aromatic rings. The third kappa shape index (κ3) is 6.32. The first-order valence-corrected chi connectivity index (χ1v) is 6.64. The molecule has 0 unspecified atom stereocenters. The Balaban J connectivity index is 2.29. The fourth-order valence-electron chi connectivity index (χ4n) is 1.53. The van der Waals surface area contributed by atoms with Gasteiger partial charge in [0.05, 0.1) is 6.61 Å². The lowest BCUT2D eigenvalue weighted by Gasteiger charge is -2.09. The molecule has 0 saturated carbocycles. The molecular formula is C15H25NO. The van der Waals surface area contributed by atoms with Crippen molar-refractivity contribution in [2.75, 3.05) is 13.2 Å². The van der Waals surface area contributed by atoms with Crippen molar-refractivity contribution < 1.29 is 4.74 Å². The monoisotopic (exact) mass is 235 g/mol. The van der Waals surface area contributed by atoms with E-state index in [4.69, 9.17) is 4.74 Å². The summed E-state index contributed by atoms with van der Waals surface area (Å²) >= 11 is 0. The van der Waals surface area contributed by atoms with Gasteiger partial charge in [0.1, 0.15) is 5.75 Å². The first kappa shape index (κ1) is 14.0. The number of hydrogen-bond acceptors (Lipinski definition) is 2. The molecule has 2 heteroatoms. The maximum absolute atomic E-state index is 5.68. The Labute approximate surface area is 105 Å². The van der Waals surface area contributed by atoms with Crippen LogP contribution in [0.4, 0.5) is 0 Å². The average molecular weight is 235 g/mol. The molecule has 0 saturated heterocycles. The molecule has 1 aromatic carbocycles. The van der Waals surface area contributed by atoms with Gasteiger partial charge in [0.2, 0.25) is 0 Å². The van der Waals surface area contributed by atoms with Gasteiger partial charge in [-0.15, -0.1) is 0 Å². The normalized spacial score (nSPS) is 10.8. The van der Waals surface area contributed by atoms with Gasteiger partial charge < -0.3 is 10.1 Å². The number of nitrogens with one attached hydrogen (secondary N) is 1. The fraction of sp³-hybridized carbons (Fsp3) is 0.600. The third-order valence-corrected chi connectivity index (χ3v) is 2.64. The molecule has 0 amide bonds. The zero-order valence-electron chi connectivity index (χ0n) is 11.3. The molecule has 96 valence electrons. The SMILES string of the molecule is CCCNCc1ccc(OCCC(C)C)cc1. The third-order valence-electron chi connectivity index (χ3n) is 2.64. The van der Waals surface area contributed by atoms with Crippen molar-refractivity contribution in [3.63, 3.8) is 0 Å². The van der Waals surface area contributed by atoms with E-state index in [9.17, 15) is 0 Å². The van der Waals surface area contributed by atoms with Gasteiger partial charge in [-0.25, -0.2) is 0 Å². The summed E-state index contributed by atoms with van der Waals surface area (Å²) in [5.41, 5.74) is 1.31. The first-order valence-electron chi connectivity index (χ1n) is 6.64. The van der Waals surface area contributed by atoms with E-state index >= 15 is 0 Å². The van der Waals surface area contributed by atoms with Crippen molar-refractivity contribution in [3.8, 4) is 5.75 Å². The minimum Gasteiger partial charge on any atom is -0.494 e. The van der Waals surface area contributed by atoms with E-state index in [2.05, 4.69) is 50.4 Å².